The van der Waals surface area contributed by atoms with Crippen molar-refractivity contribution >= 4 is 23.2 Å². The van der Waals surface area contributed by atoms with Gasteiger partial charge in [-0.25, -0.2) is 4.68 Å². The molecule has 1 amide bonds. The number of carbonyl (C=O) groups excluding carboxylic acids is 1. The van der Waals surface area contributed by atoms with Crippen LogP contribution in [0.2, 0.25) is 5.02 Å². The molecule has 0 saturated carbocycles. The van der Waals surface area contributed by atoms with E-state index in [1.165, 1.54) is 12.8 Å². The van der Waals surface area contributed by atoms with E-state index in [1.54, 1.807) is 6.20 Å². The molecule has 0 radical (unpaired) electrons. The molecule has 7 nitrogen and oxygen atoms in total. The van der Waals surface area contributed by atoms with Crippen LogP contribution in [0.5, 0.6) is 0 Å². The number of halogens is 1. The van der Waals surface area contributed by atoms with E-state index in [4.69, 9.17) is 16.3 Å². The maximum Gasteiger partial charge on any atom is 0.253 e. The minimum atomic E-state index is 0.00978. The zero-order chi connectivity index (χ0) is 18.4. The van der Waals surface area contributed by atoms with Gasteiger partial charge in [-0.15, -0.1) is 5.10 Å². The van der Waals surface area contributed by atoms with Crippen LogP contribution in [0, 0.1) is 0 Å². The average Bonchev–Trinajstić information content (AvgIpc) is 3.38. The van der Waals surface area contributed by atoms with E-state index in [0.29, 0.717) is 30.3 Å². The average molecular weight is 388 g/mol. The Morgan fingerprint density at radius 2 is 2.07 bits per heavy atom. The number of hydrogen-bond acceptors (Lipinski definition) is 5. The third-order valence-electron chi connectivity index (χ3n) is 5.86. The Hall–Kier alpha value is -2.12. The zero-order valence-electron chi connectivity index (χ0n) is 15.1. The maximum atomic E-state index is 13.1. The number of piperidine rings is 1. The monoisotopic (exact) mass is 387 g/mol. The predicted molar refractivity (Wildman–Crippen MR) is 101 cm³/mol. The van der Waals surface area contributed by atoms with Crippen LogP contribution in [0.1, 0.15) is 41.4 Å². The van der Waals surface area contributed by atoms with Crippen molar-refractivity contribution in [2.75, 3.05) is 31.1 Å². The van der Waals surface area contributed by atoms with Crippen LogP contribution in [0.15, 0.2) is 24.4 Å². The van der Waals surface area contributed by atoms with Crippen LogP contribution < -0.4 is 4.90 Å². The highest BCUT2D eigenvalue weighted by molar-refractivity contribution is 6.33. The Bertz CT molecular complexity index is 864. The number of anilines is 1. The number of hydrogen-bond donors (Lipinski definition) is 0. The lowest BCUT2D eigenvalue weighted by Crippen LogP contribution is -2.49. The highest BCUT2D eigenvalue weighted by atomic mass is 35.5. The molecular formula is C19H22ClN5O2. The minimum absolute atomic E-state index is 0.00978. The SMILES string of the molecule is O=C(c1ccc(N2CCCC2)c(Cl)c1)N1CC[C@H]2OCc3cnnn3[C@@H]2C1. The second-order valence-electron chi connectivity index (χ2n) is 7.49. The van der Waals surface area contributed by atoms with Gasteiger partial charge in [0.25, 0.3) is 5.91 Å². The molecule has 142 valence electrons. The van der Waals surface area contributed by atoms with Crippen molar-refractivity contribution in [2.45, 2.75) is 38.0 Å². The first-order valence-corrected chi connectivity index (χ1v) is 9.93. The van der Waals surface area contributed by atoms with Gasteiger partial charge < -0.3 is 14.5 Å². The largest absolute Gasteiger partial charge is 0.370 e. The number of nitrogens with zero attached hydrogens (tertiary/aromatic N) is 5. The van der Waals surface area contributed by atoms with Gasteiger partial charge in [-0.3, -0.25) is 4.79 Å². The van der Waals surface area contributed by atoms with Gasteiger partial charge in [0.05, 0.1) is 41.4 Å². The van der Waals surface area contributed by atoms with Crippen molar-refractivity contribution in [1.29, 1.82) is 0 Å². The summed E-state index contributed by atoms with van der Waals surface area (Å²) in [6, 6.07) is 5.70. The first-order valence-electron chi connectivity index (χ1n) is 9.55. The smallest absolute Gasteiger partial charge is 0.253 e. The molecule has 0 bridgehead atoms. The lowest BCUT2D eigenvalue weighted by Gasteiger charge is -2.41. The Balaban J connectivity index is 1.35. The summed E-state index contributed by atoms with van der Waals surface area (Å²) in [5.74, 6) is 0.00978. The lowest BCUT2D eigenvalue weighted by molar-refractivity contribution is -0.0605. The van der Waals surface area contributed by atoms with Gasteiger partial charge in [0.2, 0.25) is 0 Å². The zero-order valence-corrected chi connectivity index (χ0v) is 15.8. The summed E-state index contributed by atoms with van der Waals surface area (Å²) in [5.41, 5.74) is 2.62. The van der Waals surface area contributed by atoms with E-state index < -0.39 is 0 Å². The van der Waals surface area contributed by atoms with E-state index in [2.05, 4.69) is 15.2 Å². The summed E-state index contributed by atoms with van der Waals surface area (Å²) in [5, 5.41) is 8.84. The van der Waals surface area contributed by atoms with Crippen LogP contribution in [-0.4, -0.2) is 58.1 Å². The Morgan fingerprint density at radius 3 is 2.89 bits per heavy atom. The van der Waals surface area contributed by atoms with Crippen molar-refractivity contribution in [3.8, 4) is 0 Å². The van der Waals surface area contributed by atoms with Gasteiger partial charge >= 0.3 is 0 Å². The van der Waals surface area contributed by atoms with E-state index in [0.717, 1.165) is 30.9 Å². The Morgan fingerprint density at radius 1 is 1.22 bits per heavy atom. The number of aromatic nitrogens is 3. The van der Waals surface area contributed by atoms with Crippen LogP contribution in [0.3, 0.4) is 0 Å². The molecule has 4 heterocycles. The summed E-state index contributed by atoms with van der Waals surface area (Å²) in [6.07, 6.45) is 5.01. The van der Waals surface area contributed by atoms with Crippen LogP contribution >= 0.6 is 11.6 Å². The second kappa shape index (κ2) is 6.80. The molecule has 0 N–H and O–H groups in total. The molecule has 8 heteroatoms. The Kier molecular flexibility index (Phi) is 4.28. The number of amides is 1. The molecule has 0 spiro atoms. The molecule has 27 heavy (non-hydrogen) atoms. The molecule has 3 aliphatic heterocycles. The summed E-state index contributed by atoms with van der Waals surface area (Å²) in [6.45, 7) is 3.85. The van der Waals surface area contributed by atoms with Gasteiger partial charge in [0.15, 0.2) is 0 Å². The highest BCUT2D eigenvalue weighted by Gasteiger charge is 2.38. The van der Waals surface area contributed by atoms with Crippen LogP contribution in [0.25, 0.3) is 0 Å². The molecule has 2 aromatic rings. The fourth-order valence-electron chi connectivity index (χ4n) is 4.40. The fraction of sp³-hybridized carbons (Fsp3) is 0.526. The molecular weight excluding hydrogens is 366 g/mol. The topological polar surface area (TPSA) is 63.5 Å². The van der Waals surface area contributed by atoms with Gasteiger partial charge in [0.1, 0.15) is 0 Å². The molecule has 1 aromatic carbocycles. The number of benzene rings is 1. The van der Waals surface area contributed by atoms with Crippen molar-refractivity contribution in [3.05, 3.63) is 40.7 Å². The molecule has 2 fully saturated rings. The molecule has 1 aromatic heterocycles. The van der Waals surface area contributed by atoms with E-state index >= 15 is 0 Å². The molecule has 0 unspecified atom stereocenters. The summed E-state index contributed by atoms with van der Waals surface area (Å²) >= 11 is 6.50. The van der Waals surface area contributed by atoms with E-state index in [-0.39, 0.29) is 18.1 Å². The number of carbonyl (C=O) groups is 1. The quantitative estimate of drug-likeness (QED) is 0.792. The third-order valence-corrected chi connectivity index (χ3v) is 6.16. The van der Waals surface area contributed by atoms with Crippen LogP contribution in [0.4, 0.5) is 5.69 Å². The second-order valence-corrected chi connectivity index (χ2v) is 7.89. The van der Waals surface area contributed by atoms with E-state index in [9.17, 15) is 4.79 Å². The van der Waals surface area contributed by atoms with Gasteiger partial charge in [0, 0.05) is 31.7 Å². The third kappa shape index (κ3) is 2.99. The minimum Gasteiger partial charge on any atom is -0.370 e. The first-order chi connectivity index (χ1) is 13.2. The van der Waals surface area contributed by atoms with Crippen LogP contribution in [-0.2, 0) is 11.3 Å². The van der Waals surface area contributed by atoms with Gasteiger partial charge in [-0.05, 0) is 37.5 Å². The van der Waals surface area contributed by atoms with Gasteiger partial charge in [-0.1, -0.05) is 16.8 Å². The lowest BCUT2D eigenvalue weighted by atomic mass is 9.99. The van der Waals surface area contributed by atoms with Crippen molar-refractivity contribution < 1.29 is 9.53 Å². The molecule has 2 atom stereocenters. The van der Waals surface area contributed by atoms with Crippen molar-refractivity contribution in [3.63, 3.8) is 0 Å². The van der Waals surface area contributed by atoms with Crippen molar-refractivity contribution in [1.82, 2.24) is 19.9 Å². The Labute approximate surface area is 162 Å². The number of likely N-dealkylation sites (tertiary alicyclic amines) is 1. The maximum absolute atomic E-state index is 13.1. The molecule has 2 saturated heterocycles. The van der Waals surface area contributed by atoms with E-state index in [1.807, 2.05) is 27.8 Å². The number of ether oxygens (including phenoxy) is 1. The summed E-state index contributed by atoms with van der Waals surface area (Å²) in [7, 11) is 0. The number of rotatable bonds is 2. The van der Waals surface area contributed by atoms with Gasteiger partial charge in [-0.2, -0.15) is 0 Å². The molecule has 0 aliphatic carbocycles. The number of fused-ring (bicyclic) bond motifs is 3. The summed E-state index contributed by atoms with van der Waals surface area (Å²) in [4.78, 5) is 17.2. The first kappa shape index (κ1) is 17.0. The highest BCUT2D eigenvalue weighted by Crippen LogP contribution is 2.33. The predicted octanol–water partition coefficient (Wildman–Crippen LogP) is 2.52. The fourth-order valence-corrected chi connectivity index (χ4v) is 4.70. The standard InChI is InChI=1S/C19H22ClN5O2/c20-15-9-13(3-4-16(15)23-6-1-2-7-23)19(26)24-8-5-18-17(11-24)25-14(12-27-18)10-21-22-25/h3-4,9-10,17-18H,1-2,5-8,11-12H2/t17-,18-/m1/s1. The molecule has 3 aliphatic rings. The molecule has 5 rings (SSSR count). The van der Waals surface area contributed by atoms with Crippen molar-refractivity contribution in [2.24, 2.45) is 0 Å². The summed E-state index contributed by atoms with van der Waals surface area (Å²) < 4.78 is 7.84. The normalized spacial score (nSPS) is 24.6.